The first kappa shape index (κ1) is 11.5. The third kappa shape index (κ3) is 2.07. The maximum absolute atomic E-state index is 5.77. The van der Waals surface area contributed by atoms with Crippen molar-refractivity contribution in [2.45, 2.75) is 5.97 Å². The van der Waals surface area contributed by atoms with Crippen LogP contribution in [-0.4, -0.2) is 21.3 Å². The number of halogens is 1. The molecule has 1 aromatic carbocycles. The summed E-state index contributed by atoms with van der Waals surface area (Å²) in [4.78, 5) is 0. The van der Waals surface area contributed by atoms with E-state index in [4.69, 9.17) is 25.8 Å². The molecule has 0 saturated carbocycles. The van der Waals surface area contributed by atoms with E-state index in [1.807, 2.05) is 0 Å². The van der Waals surface area contributed by atoms with Gasteiger partial charge < -0.3 is 14.2 Å². The number of methoxy groups -OCH3 is 3. The molecule has 1 aromatic rings. The van der Waals surface area contributed by atoms with Crippen LogP contribution in [0.25, 0.3) is 0 Å². The fourth-order valence-corrected chi connectivity index (χ4v) is 1.38. The van der Waals surface area contributed by atoms with Gasteiger partial charge in [0, 0.05) is 31.9 Å². The Balaban J connectivity index is 3.05. The zero-order chi connectivity index (χ0) is 10.6. The van der Waals surface area contributed by atoms with E-state index < -0.39 is 5.97 Å². The Labute approximate surface area is 88.5 Å². The van der Waals surface area contributed by atoms with E-state index in [0.29, 0.717) is 5.02 Å². The molecule has 0 aliphatic carbocycles. The van der Waals surface area contributed by atoms with Crippen molar-refractivity contribution in [1.82, 2.24) is 0 Å². The molecule has 3 nitrogen and oxygen atoms in total. The van der Waals surface area contributed by atoms with Gasteiger partial charge in [0.1, 0.15) is 0 Å². The van der Waals surface area contributed by atoms with Gasteiger partial charge in [0.15, 0.2) is 0 Å². The summed E-state index contributed by atoms with van der Waals surface area (Å²) in [5.74, 6) is -1.15. The van der Waals surface area contributed by atoms with Crippen LogP contribution in [0.4, 0.5) is 0 Å². The molecule has 78 valence electrons. The topological polar surface area (TPSA) is 27.7 Å². The van der Waals surface area contributed by atoms with Gasteiger partial charge in [-0.2, -0.15) is 0 Å². The standard InChI is InChI=1S/C10H13ClO3/c1-12-10(13-2,14-3)8-4-6-9(11)7-5-8/h4-7H,1-3H3. The number of rotatable bonds is 4. The Morgan fingerprint density at radius 2 is 1.36 bits per heavy atom. The molecule has 0 heterocycles. The first-order valence-corrected chi connectivity index (χ1v) is 4.48. The molecule has 0 aromatic heterocycles. The van der Waals surface area contributed by atoms with E-state index in [1.54, 1.807) is 24.3 Å². The van der Waals surface area contributed by atoms with Gasteiger partial charge in [-0.1, -0.05) is 11.6 Å². The second-order valence-electron chi connectivity index (χ2n) is 2.68. The predicted molar refractivity (Wildman–Crippen MR) is 54.2 cm³/mol. The molecule has 0 amide bonds. The highest BCUT2D eigenvalue weighted by atomic mass is 35.5. The first-order chi connectivity index (χ1) is 6.68. The van der Waals surface area contributed by atoms with Gasteiger partial charge in [0.05, 0.1) is 0 Å². The summed E-state index contributed by atoms with van der Waals surface area (Å²) in [6.45, 7) is 0. The van der Waals surface area contributed by atoms with E-state index in [2.05, 4.69) is 0 Å². The predicted octanol–water partition coefficient (Wildman–Crippen LogP) is 2.39. The minimum absolute atomic E-state index is 0.658. The highest BCUT2D eigenvalue weighted by Crippen LogP contribution is 2.27. The third-order valence-corrected chi connectivity index (χ3v) is 2.26. The fourth-order valence-electron chi connectivity index (χ4n) is 1.26. The summed E-state index contributed by atoms with van der Waals surface area (Å²) >= 11 is 5.77. The van der Waals surface area contributed by atoms with E-state index in [0.717, 1.165) is 5.56 Å². The minimum Gasteiger partial charge on any atom is -0.327 e. The van der Waals surface area contributed by atoms with Crippen LogP contribution in [0.15, 0.2) is 24.3 Å². The molecule has 4 heteroatoms. The Hall–Kier alpha value is -0.610. The third-order valence-electron chi connectivity index (χ3n) is 2.00. The van der Waals surface area contributed by atoms with Crippen LogP contribution in [0.3, 0.4) is 0 Å². The lowest BCUT2D eigenvalue weighted by Gasteiger charge is -2.28. The largest absolute Gasteiger partial charge is 0.327 e. The molecule has 1 rings (SSSR count). The molecule has 0 unspecified atom stereocenters. The second-order valence-corrected chi connectivity index (χ2v) is 3.11. The summed E-state index contributed by atoms with van der Waals surface area (Å²) in [6, 6.07) is 7.09. The van der Waals surface area contributed by atoms with Crippen LogP contribution in [0.1, 0.15) is 5.56 Å². The first-order valence-electron chi connectivity index (χ1n) is 4.10. The lowest BCUT2D eigenvalue weighted by atomic mass is 10.2. The maximum Gasteiger partial charge on any atom is 0.311 e. The van der Waals surface area contributed by atoms with Gasteiger partial charge in [-0.15, -0.1) is 0 Å². The van der Waals surface area contributed by atoms with Crippen LogP contribution < -0.4 is 0 Å². The van der Waals surface area contributed by atoms with Crippen molar-refractivity contribution < 1.29 is 14.2 Å². The zero-order valence-electron chi connectivity index (χ0n) is 8.41. The molecule has 0 radical (unpaired) electrons. The average Bonchev–Trinajstić information content (AvgIpc) is 2.24. The average molecular weight is 217 g/mol. The SMILES string of the molecule is COC(OC)(OC)c1ccc(Cl)cc1. The lowest BCUT2D eigenvalue weighted by Crippen LogP contribution is -2.32. The summed E-state index contributed by atoms with van der Waals surface area (Å²) < 4.78 is 15.5. The van der Waals surface area contributed by atoms with Crippen molar-refractivity contribution in [2.24, 2.45) is 0 Å². The summed E-state index contributed by atoms with van der Waals surface area (Å²) in [7, 11) is 4.55. The molecular formula is C10H13ClO3. The minimum atomic E-state index is -1.15. The number of ether oxygens (including phenoxy) is 3. The molecule has 0 saturated heterocycles. The molecule has 0 atom stereocenters. The highest BCUT2D eigenvalue weighted by Gasteiger charge is 2.31. The van der Waals surface area contributed by atoms with Crippen molar-refractivity contribution >= 4 is 11.6 Å². The molecule has 14 heavy (non-hydrogen) atoms. The van der Waals surface area contributed by atoms with Crippen molar-refractivity contribution in [3.05, 3.63) is 34.9 Å². The highest BCUT2D eigenvalue weighted by molar-refractivity contribution is 6.30. The van der Waals surface area contributed by atoms with Crippen LogP contribution in [0.2, 0.25) is 5.02 Å². The Kier molecular flexibility index (Phi) is 3.89. The van der Waals surface area contributed by atoms with Crippen molar-refractivity contribution in [2.75, 3.05) is 21.3 Å². The normalized spacial score (nSPS) is 11.7. The molecular weight excluding hydrogens is 204 g/mol. The molecule has 0 fully saturated rings. The van der Waals surface area contributed by atoms with E-state index in [-0.39, 0.29) is 0 Å². The van der Waals surface area contributed by atoms with Crippen molar-refractivity contribution in [1.29, 1.82) is 0 Å². The second kappa shape index (κ2) is 4.75. The van der Waals surface area contributed by atoms with Crippen molar-refractivity contribution in [3.63, 3.8) is 0 Å². The monoisotopic (exact) mass is 216 g/mol. The fraction of sp³-hybridized carbons (Fsp3) is 0.400. The summed E-state index contributed by atoms with van der Waals surface area (Å²) in [5, 5.41) is 0.658. The van der Waals surface area contributed by atoms with Gasteiger partial charge in [0.25, 0.3) is 0 Å². The zero-order valence-corrected chi connectivity index (χ0v) is 9.17. The molecule has 0 bridgehead atoms. The molecule has 0 N–H and O–H groups in total. The number of hydrogen-bond acceptors (Lipinski definition) is 3. The van der Waals surface area contributed by atoms with Gasteiger partial charge in [-0.25, -0.2) is 0 Å². The van der Waals surface area contributed by atoms with E-state index in [1.165, 1.54) is 21.3 Å². The molecule has 0 spiro atoms. The smallest absolute Gasteiger partial charge is 0.311 e. The molecule has 0 aliphatic rings. The van der Waals surface area contributed by atoms with Gasteiger partial charge in [0.2, 0.25) is 0 Å². The van der Waals surface area contributed by atoms with Gasteiger partial charge >= 0.3 is 5.97 Å². The quantitative estimate of drug-likeness (QED) is 0.724. The Morgan fingerprint density at radius 1 is 0.929 bits per heavy atom. The van der Waals surface area contributed by atoms with Gasteiger partial charge in [-0.05, 0) is 24.3 Å². The van der Waals surface area contributed by atoms with Crippen LogP contribution in [0.5, 0.6) is 0 Å². The van der Waals surface area contributed by atoms with Crippen LogP contribution >= 0.6 is 11.6 Å². The number of hydrogen-bond donors (Lipinski definition) is 0. The van der Waals surface area contributed by atoms with Crippen LogP contribution in [-0.2, 0) is 20.2 Å². The van der Waals surface area contributed by atoms with E-state index >= 15 is 0 Å². The van der Waals surface area contributed by atoms with E-state index in [9.17, 15) is 0 Å². The molecule has 0 aliphatic heterocycles. The maximum atomic E-state index is 5.77. The summed E-state index contributed by atoms with van der Waals surface area (Å²) in [5.41, 5.74) is 0.759. The summed E-state index contributed by atoms with van der Waals surface area (Å²) in [6.07, 6.45) is 0. The lowest BCUT2D eigenvalue weighted by molar-refractivity contribution is -0.364. The Bertz CT molecular complexity index is 272. The number of benzene rings is 1. The Morgan fingerprint density at radius 3 is 1.71 bits per heavy atom. The van der Waals surface area contributed by atoms with Gasteiger partial charge in [-0.3, -0.25) is 0 Å². The van der Waals surface area contributed by atoms with Crippen LogP contribution in [0, 0.1) is 0 Å². The van der Waals surface area contributed by atoms with Crippen molar-refractivity contribution in [3.8, 4) is 0 Å².